The van der Waals surface area contributed by atoms with E-state index in [2.05, 4.69) is 49.2 Å². The fourth-order valence-corrected chi connectivity index (χ4v) is 4.03. The number of rotatable bonds is 7. The minimum atomic E-state index is -0.521. The van der Waals surface area contributed by atoms with Crippen molar-refractivity contribution in [1.82, 2.24) is 29.8 Å². The Hall–Kier alpha value is -3.27. The number of ether oxygens (including phenoxy) is 1. The van der Waals surface area contributed by atoms with Crippen LogP contribution >= 0.6 is 15.9 Å². The van der Waals surface area contributed by atoms with Gasteiger partial charge in [-0.25, -0.2) is 9.37 Å². The van der Waals surface area contributed by atoms with Gasteiger partial charge in [-0.2, -0.15) is 20.1 Å². The zero-order chi connectivity index (χ0) is 23.7. The quantitative estimate of drug-likeness (QED) is 0.393. The molecule has 0 radical (unpaired) electrons. The molecule has 4 rings (SSSR count). The summed E-state index contributed by atoms with van der Waals surface area (Å²) in [6, 6.07) is 8.39. The maximum Gasteiger partial charge on any atom is 0.166 e. The van der Waals surface area contributed by atoms with Crippen molar-refractivity contribution in [3.63, 3.8) is 0 Å². The number of aromatic nitrogens is 6. The molecular formula is C23H25BrFN7O. The molecular weight excluding hydrogens is 489 g/mol. The van der Waals surface area contributed by atoms with E-state index in [9.17, 15) is 4.39 Å². The Morgan fingerprint density at radius 2 is 1.94 bits per heavy atom. The van der Waals surface area contributed by atoms with Crippen molar-refractivity contribution in [2.45, 2.75) is 32.8 Å². The summed E-state index contributed by atoms with van der Waals surface area (Å²) in [4.78, 5) is 5.63. The summed E-state index contributed by atoms with van der Waals surface area (Å²) < 4.78 is 23.0. The van der Waals surface area contributed by atoms with Crippen LogP contribution in [-0.2, 0) is 26.9 Å². The number of nitrogen functional groups attached to an aromatic ring is 1. The third-order valence-corrected chi connectivity index (χ3v) is 5.81. The van der Waals surface area contributed by atoms with Crippen molar-refractivity contribution in [2.24, 2.45) is 14.1 Å². The minimum absolute atomic E-state index is 0.256. The number of halogens is 2. The fraction of sp³-hybridized carbons (Fsp3) is 0.304. The number of benzene rings is 1. The Labute approximate surface area is 199 Å². The van der Waals surface area contributed by atoms with Gasteiger partial charge in [0.1, 0.15) is 17.6 Å². The van der Waals surface area contributed by atoms with Crippen LogP contribution in [0.3, 0.4) is 0 Å². The average molecular weight is 514 g/mol. The highest BCUT2D eigenvalue weighted by molar-refractivity contribution is 9.10. The SMILES string of the molecule is CCc1cc(Cc2nn(C)nc2-c2ccc(F)cc2C(C)Oc2cc(Br)cnc2N)n(C)n1. The Balaban J connectivity index is 1.73. The number of aryl methyl sites for hydroxylation is 3. The van der Waals surface area contributed by atoms with Gasteiger partial charge in [-0.3, -0.25) is 4.68 Å². The maximum absolute atomic E-state index is 14.3. The summed E-state index contributed by atoms with van der Waals surface area (Å²) in [6.45, 7) is 3.91. The number of nitrogens with two attached hydrogens (primary N) is 1. The molecule has 3 heterocycles. The van der Waals surface area contributed by atoms with Crippen LogP contribution in [0.1, 0.15) is 42.6 Å². The topological polar surface area (TPSA) is 96.7 Å². The number of hydrogen-bond donors (Lipinski definition) is 1. The standard InChI is InChI=1S/C23H25BrFN7O/c1-5-16-10-17(31(3)28-16)11-20-22(30-32(4)29-20)18-7-6-15(25)9-19(18)13(2)33-21-8-14(24)12-27-23(21)26/h6-10,12-13H,5,11H2,1-4H3,(H2,26,27). The molecule has 1 atom stereocenters. The van der Waals surface area contributed by atoms with Crippen molar-refractivity contribution in [3.05, 3.63) is 69.5 Å². The minimum Gasteiger partial charge on any atom is -0.482 e. The van der Waals surface area contributed by atoms with Crippen LogP contribution in [0.5, 0.6) is 5.75 Å². The Bertz CT molecular complexity index is 1300. The van der Waals surface area contributed by atoms with Crippen molar-refractivity contribution in [1.29, 1.82) is 0 Å². The van der Waals surface area contributed by atoms with Gasteiger partial charge in [0, 0.05) is 48.0 Å². The predicted molar refractivity (Wildman–Crippen MR) is 127 cm³/mol. The summed E-state index contributed by atoms with van der Waals surface area (Å²) in [7, 11) is 3.69. The lowest BCUT2D eigenvalue weighted by atomic mass is 9.98. The van der Waals surface area contributed by atoms with Crippen LogP contribution in [0.15, 0.2) is 41.0 Å². The van der Waals surface area contributed by atoms with E-state index in [0.717, 1.165) is 33.5 Å². The zero-order valence-electron chi connectivity index (χ0n) is 18.9. The van der Waals surface area contributed by atoms with Gasteiger partial charge in [-0.05, 0) is 59.6 Å². The smallest absolute Gasteiger partial charge is 0.166 e. The molecule has 0 amide bonds. The second kappa shape index (κ2) is 9.30. The highest BCUT2D eigenvalue weighted by Crippen LogP contribution is 2.34. The molecule has 0 aliphatic heterocycles. The molecule has 172 valence electrons. The number of anilines is 1. The van der Waals surface area contributed by atoms with Gasteiger partial charge in [-0.1, -0.05) is 6.92 Å². The lowest BCUT2D eigenvalue weighted by molar-refractivity contribution is 0.227. The Morgan fingerprint density at radius 3 is 2.67 bits per heavy atom. The number of nitrogens with zero attached hydrogens (tertiary/aromatic N) is 6. The van der Waals surface area contributed by atoms with E-state index in [-0.39, 0.29) is 11.6 Å². The summed E-state index contributed by atoms with van der Waals surface area (Å²) in [6.07, 6.45) is 2.47. The molecule has 8 nitrogen and oxygen atoms in total. The zero-order valence-corrected chi connectivity index (χ0v) is 20.5. The molecule has 33 heavy (non-hydrogen) atoms. The van der Waals surface area contributed by atoms with Gasteiger partial charge in [-0.15, -0.1) is 0 Å². The molecule has 0 bridgehead atoms. The molecule has 0 fully saturated rings. The van der Waals surface area contributed by atoms with Gasteiger partial charge < -0.3 is 10.5 Å². The van der Waals surface area contributed by atoms with Crippen LogP contribution in [0, 0.1) is 5.82 Å². The van der Waals surface area contributed by atoms with E-state index in [4.69, 9.17) is 10.5 Å². The maximum atomic E-state index is 14.3. The highest BCUT2D eigenvalue weighted by atomic mass is 79.9. The van der Waals surface area contributed by atoms with Crippen molar-refractivity contribution < 1.29 is 9.13 Å². The highest BCUT2D eigenvalue weighted by Gasteiger charge is 2.22. The van der Waals surface area contributed by atoms with Gasteiger partial charge in [0.2, 0.25) is 0 Å². The van der Waals surface area contributed by atoms with E-state index in [0.29, 0.717) is 23.4 Å². The third kappa shape index (κ3) is 4.90. The van der Waals surface area contributed by atoms with E-state index >= 15 is 0 Å². The van der Waals surface area contributed by atoms with Gasteiger partial charge in [0.05, 0.1) is 11.4 Å². The second-order valence-electron chi connectivity index (χ2n) is 7.79. The first-order valence-electron chi connectivity index (χ1n) is 10.5. The molecule has 0 saturated heterocycles. The summed E-state index contributed by atoms with van der Waals surface area (Å²) in [5.74, 6) is 0.300. The van der Waals surface area contributed by atoms with Crippen molar-refractivity contribution in [3.8, 4) is 17.0 Å². The molecule has 1 aromatic carbocycles. The summed E-state index contributed by atoms with van der Waals surface area (Å²) >= 11 is 3.38. The molecule has 1 unspecified atom stereocenters. The Morgan fingerprint density at radius 1 is 1.15 bits per heavy atom. The molecule has 0 spiro atoms. The van der Waals surface area contributed by atoms with Gasteiger partial charge >= 0.3 is 0 Å². The second-order valence-corrected chi connectivity index (χ2v) is 8.71. The number of pyridine rings is 1. The lowest BCUT2D eigenvalue weighted by Crippen LogP contribution is -2.08. The fourth-order valence-electron chi connectivity index (χ4n) is 3.72. The molecule has 4 aromatic rings. The first-order valence-corrected chi connectivity index (χ1v) is 11.3. The summed E-state index contributed by atoms with van der Waals surface area (Å²) in [5, 5.41) is 13.7. The van der Waals surface area contributed by atoms with E-state index < -0.39 is 6.10 Å². The lowest BCUT2D eigenvalue weighted by Gasteiger charge is -2.19. The normalized spacial score (nSPS) is 12.2. The first kappa shape index (κ1) is 22.9. The largest absolute Gasteiger partial charge is 0.482 e. The van der Waals surface area contributed by atoms with E-state index in [1.54, 1.807) is 25.4 Å². The average Bonchev–Trinajstić information content (AvgIpc) is 3.32. The van der Waals surface area contributed by atoms with Crippen molar-refractivity contribution in [2.75, 3.05) is 5.73 Å². The molecule has 0 aliphatic rings. The Kier molecular flexibility index (Phi) is 6.46. The molecule has 0 aliphatic carbocycles. The van der Waals surface area contributed by atoms with Crippen LogP contribution in [0.25, 0.3) is 11.3 Å². The first-order chi connectivity index (χ1) is 15.7. The van der Waals surface area contributed by atoms with Gasteiger partial charge in [0.25, 0.3) is 0 Å². The molecule has 2 N–H and O–H groups in total. The predicted octanol–water partition coefficient (Wildman–Crippen LogP) is 4.39. The third-order valence-electron chi connectivity index (χ3n) is 5.38. The van der Waals surface area contributed by atoms with E-state index in [1.165, 1.54) is 16.9 Å². The molecule has 3 aromatic heterocycles. The summed E-state index contributed by atoms with van der Waals surface area (Å²) in [5.41, 5.74) is 10.8. The monoisotopic (exact) mass is 513 g/mol. The van der Waals surface area contributed by atoms with Crippen LogP contribution in [0.2, 0.25) is 0 Å². The van der Waals surface area contributed by atoms with Gasteiger partial charge in [0.15, 0.2) is 11.6 Å². The number of hydrogen-bond acceptors (Lipinski definition) is 6. The van der Waals surface area contributed by atoms with Crippen LogP contribution < -0.4 is 10.5 Å². The van der Waals surface area contributed by atoms with Crippen LogP contribution in [-0.4, -0.2) is 29.8 Å². The van der Waals surface area contributed by atoms with Crippen molar-refractivity contribution >= 4 is 21.7 Å². The van der Waals surface area contributed by atoms with E-state index in [1.807, 2.05) is 18.7 Å². The van der Waals surface area contributed by atoms with Crippen LogP contribution in [0.4, 0.5) is 10.2 Å². The molecule has 0 saturated carbocycles. The molecule has 10 heteroatoms.